The molecule has 21 heavy (non-hydrogen) atoms. The Morgan fingerprint density at radius 2 is 1.86 bits per heavy atom. The molecule has 1 saturated heterocycles. The normalized spacial score (nSPS) is 38.6. The van der Waals surface area contributed by atoms with Crippen molar-refractivity contribution in [3.63, 3.8) is 0 Å². The van der Waals surface area contributed by atoms with Gasteiger partial charge in [0.25, 0.3) is 0 Å². The van der Waals surface area contributed by atoms with E-state index in [0.717, 1.165) is 25.2 Å². The lowest BCUT2D eigenvalue weighted by molar-refractivity contribution is -0.228. The van der Waals surface area contributed by atoms with Gasteiger partial charge in [-0.25, -0.2) is 0 Å². The van der Waals surface area contributed by atoms with E-state index >= 15 is 0 Å². The molecule has 3 rings (SSSR count). The first-order valence-corrected chi connectivity index (χ1v) is 7.88. The van der Waals surface area contributed by atoms with Crippen molar-refractivity contribution in [1.82, 2.24) is 4.90 Å². The molecule has 120 valence electrons. The van der Waals surface area contributed by atoms with Crippen molar-refractivity contribution in [2.24, 2.45) is 17.3 Å². The van der Waals surface area contributed by atoms with Crippen LogP contribution in [0.2, 0.25) is 0 Å². The molecule has 0 amide bonds. The SMILES string of the molecule is O=C(O)C1(C(F)(F)F)CCN(C2CCCC(C3CC3)C2)C1. The van der Waals surface area contributed by atoms with Gasteiger partial charge in [0, 0.05) is 12.6 Å². The highest BCUT2D eigenvalue weighted by atomic mass is 19.4. The summed E-state index contributed by atoms with van der Waals surface area (Å²) in [6.07, 6.45) is 1.67. The van der Waals surface area contributed by atoms with E-state index in [2.05, 4.69) is 0 Å². The van der Waals surface area contributed by atoms with Crippen LogP contribution in [0.15, 0.2) is 0 Å². The van der Waals surface area contributed by atoms with Crippen LogP contribution in [0, 0.1) is 17.3 Å². The molecule has 3 atom stereocenters. The highest BCUT2D eigenvalue weighted by Gasteiger charge is 2.64. The fourth-order valence-electron chi connectivity index (χ4n) is 4.21. The maximum atomic E-state index is 13.2. The summed E-state index contributed by atoms with van der Waals surface area (Å²) in [5.41, 5.74) is -2.56. The van der Waals surface area contributed by atoms with Gasteiger partial charge < -0.3 is 5.11 Å². The van der Waals surface area contributed by atoms with Gasteiger partial charge in [-0.2, -0.15) is 13.2 Å². The van der Waals surface area contributed by atoms with Crippen molar-refractivity contribution in [2.45, 2.75) is 57.2 Å². The predicted octanol–water partition coefficient (Wildman–Crippen LogP) is 3.29. The van der Waals surface area contributed by atoms with E-state index in [1.165, 1.54) is 19.3 Å². The molecule has 3 fully saturated rings. The Balaban J connectivity index is 1.69. The van der Waals surface area contributed by atoms with E-state index in [4.69, 9.17) is 5.11 Å². The molecular weight excluding hydrogens is 283 g/mol. The summed E-state index contributed by atoms with van der Waals surface area (Å²) in [5.74, 6) is -0.288. The van der Waals surface area contributed by atoms with Crippen molar-refractivity contribution >= 4 is 5.97 Å². The third-order valence-corrected chi connectivity index (χ3v) is 5.74. The number of hydrogen-bond donors (Lipinski definition) is 1. The molecule has 0 aromatic rings. The Labute approximate surface area is 122 Å². The van der Waals surface area contributed by atoms with Crippen molar-refractivity contribution in [3.05, 3.63) is 0 Å². The number of halogens is 3. The first kappa shape index (κ1) is 15.1. The van der Waals surface area contributed by atoms with Crippen LogP contribution in [0.4, 0.5) is 13.2 Å². The average Bonchev–Trinajstić information content (AvgIpc) is 3.15. The van der Waals surface area contributed by atoms with Crippen LogP contribution < -0.4 is 0 Å². The summed E-state index contributed by atoms with van der Waals surface area (Å²) in [5, 5.41) is 9.12. The second-order valence-electron chi connectivity index (χ2n) is 7.02. The summed E-state index contributed by atoms with van der Waals surface area (Å²) in [6.45, 7) is -0.109. The lowest BCUT2D eigenvalue weighted by Crippen LogP contribution is -2.48. The number of carbonyl (C=O) groups is 1. The second kappa shape index (κ2) is 5.14. The molecule has 3 unspecified atom stereocenters. The van der Waals surface area contributed by atoms with Crippen LogP contribution in [0.25, 0.3) is 0 Å². The standard InChI is InChI=1S/C15H22F3NO2/c16-15(17,18)14(13(20)21)6-7-19(9-14)12-3-1-2-11(8-12)10-4-5-10/h10-12H,1-9H2,(H,20,21). The van der Waals surface area contributed by atoms with Crippen molar-refractivity contribution in [1.29, 1.82) is 0 Å². The van der Waals surface area contributed by atoms with E-state index in [1.54, 1.807) is 4.90 Å². The fraction of sp³-hybridized carbons (Fsp3) is 0.933. The highest BCUT2D eigenvalue weighted by molar-refractivity contribution is 5.76. The van der Waals surface area contributed by atoms with Crippen molar-refractivity contribution in [2.75, 3.05) is 13.1 Å². The Morgan fingerprint density at radius 3 is 2.38 bits per heavy atom. The smallest absolute Gasteiger partial charge is 0.406 e. The van der Waals surface area contributed by atoms with Gasteiger partial charge in [0.1, 0.15) is 0 Å². The number of likely N-dealkylation sites (tertiary alicyclic amines) is 1. The lowest BCUT2D eigenvalue weighted by atomic mass is 9.82. The summed E-state index contributed by atoms with van der Waals surface area (Å²) < 4.78 is 39.6. The summed E-state index contributed by atoms with van der Waals surface area (Å²) >= 11 is 0. The molecule has 2 aliphatic carbocycles. The van der Waals surface area contributed by atoms with E-state index in [0.29, 0.717) is 5.92 Å². The fourth-order valence-corrected chi connectivity index (χ4v) is 4.21. The minimum Gasteiger partial charge on any atom is -0.481 e. The molecule has 0 aromatic heterocycles. The molecule has 0 bridgehead atoms. The predicted molar refractivity (Wildman–Crippen MR) is 70.8 cm³/mol. The minimum absolute atomic E-state index is 0.146. The summed E-state index contributed by atoms with van der Waals surface area (Å²) in [7, 11) is 0. The van der Waals surface area contributed by atoms with E-state index in [-0.39, 0.29) is 25.6 Å². The zero-order chi connectivity index (χ0) is 15.3. The van der Waals surface area contributed by atoms with Gasteiger partial charge in [0.2, 0.25) is 0 Å². The van der Waals surface area contributed by atoms with Gasteiger partial charge in [0.05, 0.1) is 0 Å². The molecule has 6 heteroatoms. The number of aliphatic carboxylic acids is 1. The molecule has 2 saturated carbocycles. The zero-order valence-electron chi connectivity index (χ0n) is 12.0. The Hall–Kier alpha value is -0.780. The maximum Gasteiger partial charge on any atom is 0.406 e. The first-order valence-electron chi connectivity index (χ1n) is 7.88. The largest absolute Gasteiger partial charge is 0.481 e. The second-order valence-corrected chi connectivity index (χ2v) is 7.02. The molecule has 3 aliphatic rings. The Bertz CT molecular complexity index is 422. The van der Waals surface area contributed by atoms with E-state index in [9.17, 15) is 18.0 Å². The van der Waals surface area contributed by atoms with Gasteiger partial charge >= 0.3 is 12.1 Å². The van der Waals surface area contributed by atoms with Crippen LogP contribution in [0.3, 0.4) is 0 Å². The number of rotatable bonds is 3. The molecule has 3 nitrogen and oxygen atoms in total. The zero-order valence-corrected chi connectivity index (χ0v) is 12.0. The lowest BCUT2D eigenvalue weighted by Gasteiger charge is -2.36. The van der Waals surface area contributed by atoms with Crippen LogP contribution >= 0.6 is 0 Å². The quantitative estimate of drug-likeness (QED) is 0.870. The molecule has 0 aromatic carbocycles. The molecule has 0 spiro atoms. The Kier molecular flexibility index (Phi) is 3.71. The van der Waals surface area contributed by atoms with Crippen molar-refractivity contribution in [3.8, 4) is 0 Å². The van der Waals surface area contributed by atoms with Gasteiger partial charge in [-0.05, 0) is 50.5 Å². The van der Waals surface area contributed by atoms with E-state index < -0.39 is 17.6 Å². The van der Waals surface area contributed by atoms with Gasteiger partial charge in [0.15, 0.2) is 5.41 Å². The van der Waals surface area contributed by atoms with Gasteiger partial charge in [-0.1, -0.05) is 12.8 Å². The molecule has 1 N–H and O–H groups in total. The number of hydrogen-bond acceptors (Lipinski definition) is 2. The number of nitrogens with zero attached hydrogens (tertiary/aromatic N) is 1. The Morgan fingerprint density at radius 1 is 1.14 bits per heavy atom. The number of carboxylic acid groups (broad SMARTS) is 1. The molecule has 1 heterocycles. The van der Waals surface area contributed by atoms with Crippen LogP contribution in [0.1, 0.15) is 44.9 Å². The van der Waals surface area contributed by atoms with Gasteiger partial charge in [-0.15, -0.1) is 0 Å². The molecular formula is C15H22F3NO2. The van der Waals surface area contributed by atoms with Crippen LogP contribution in [-0.4, -0.2) is 41.3 Å². The average molecular weight is 305 g/mol. The van der Waals surface area contributed by atoms with E-state index in [1.807, 2.05) is 0 Å². The molecule has 1 aliphatic heterocycles. The minimum atomic E-state index is -4.67. The topological polar surface area (TPSA) is 40.5 Å². The first-order chi connectivity index (χ1) is 9.83. The monoisotopic (exact) mass is 305 g/mol. The van der Waals surface area contributed by atoms with Crippen molar-refractivity contribution < 1.29 is 23.1 Å². The third-order valence-electron chi connectivity index (χ3n) is 5.74. The maximum absolute atomic E-state index is 13.2. The van der Waals surface area contributed by atoms with Crippen LogP contribution in [-0.2, 0) is 4.79 Å². The summed E-state index contributed by atoms with van der Waals surface area (Å²) in [4.78, 5) is 13.0. The third kappa shape index (κ3) is 2.67. The summed E-state index contributed by atoms with van der Waals surface area (Å²) in [6, 6.07) is 0.146. The number of alkyl halides is 3. The molecule has 0 radical (unpaired) electrons. The van der Waals surface area contributed by atoms with Gasteiger partial charge in [-0.3, -0.25) is 9.69 Å². The highest BCUT2D eigenvalue weighted by Crippen LogP contribution is 2.49. The van der Waals surface area contributed by atoms with Crippen LogP contribution in [0.5, 0.6) is 0 Å². The number of carboxylic acids is 1.